The third-order valence-electron chi connectivity index (χ3n) is 3.26. The lowest BCUT2D eigenvalue weighted by atomic mass is 10.1. The first-order valence-electron chi connectivity index (χ1n) is 7.09. The summed E-state index contributed by atoms with van der Waals surface area (Å²) in [6.45, 7) is 0. The van der Waals surface area contributed by atoms with Gasteiger partial charge in [0.1, 0.15) is 5.82 Å². The standard InChI is InChI=1S/C17H11F4N3S/c18-14-7-3-12(4-8-14)15-10-25-16(23-15)24-22-9-11-1-5-13(6-2-11)17(19,20)21/h1-10H,(H,23,24)/b22-9-. The average molecular weight is 365 g/mol. The van der Waals surface area contributed by atoms with Crippen LogP contribution in [0.4, 0.5) is 22.7 Å². The third-order valence-corrected chi connectivity index (χ3v) is 4.00. The number of hydrogen-bond donors (Lipinski definition) is 1. The van der Waals surface area contributed by atoms with Crippen LogP contribution in [0.3, 0.4) is 0 Å². The lowest BCUT2D eigenvalue weighted by Gasteiger charge is -2.05. The summed E-state index contributed by atoms with van der Waals surface area (Å²) in [5.41, 5.74) is 3.99. The topological polar surface area (TPSA) is 37.3 Å². The molecule has 0 aliphatic rings. The van der Waals surface area contributed by atoms with Gasteiger partial charge >= 0.3 is 6.18 Å². The number of hydrogen-bond acceptors (Lipinski definition) is 4. The molecule has 0 radical (unpaired) electrons. The van der Waals surface area contributed by atoms with Crippen LogP contribution in [0.1, 0.15) is 11.1 Å². The van der Waals surface area contributed by atoms with Crippen molar-refractivity contribution < 1.29 is 17.6 Å². The van der Waals surface area contributed by atoms with Gasteiger partial charge in [-0.2, -0.15) is 18.3 Å². The van der Waals surface area contributed by atoms with E-state index in [0.717, 1.165) is 17.7 Å². The van der Waals surface area contributed by atoms with E-state index in [9.17, 15) is 17.6 Å². The second-order valence-corrected chi connectivity index (χ2v) is 5.89. The fourth-order valence-corrected chi connectivity index (χ4v) is 2.67. The van der Waals surface area contributed by atoms with E-state index >= 15 is 0 Å². The summed E-state index contributed by atoms with van der Waals surface area (Å²) >= 11 is 1.31. The number of hydrazone groups is 1. The SMILES string of the molecule is Fc1ccc(-c2csc(N/N=C\c3ccc(C(F)(F)F)cc3)n2)cc1. The molecular formula is C17H11F4N3S. The molecule has 0 amide bonds. The highest BCUT2D eigenvalue weighted by molar-refractivity contribution is 7.14. The molecule has 0 spiro atoms. The van der Waals surface area contributed by atoms with Gasteiger partial charge in [0, 0.05) is 10.9 Å². The monoisotopic (exact) mass is 365 g/mol. The summed E-state index contributed by atoms with van der Waals surface area (Å²) in [4.78, 5) is 4.31. The normalized spacial score (nSPS) is 11.8. The number of rotatable bonds is 4. The Labute approximate surface area is 144 Å². The molecule has 3 aromatic rings. The molecule has 0 bridgehead atoms. The highest BCUT2D eigenvalue weighted by atomic mass is 32.1. The van der Waals surface area contributed by atoms with E-state index in [1.165, 1.54) is 41.8 Å². The van der Waals surface area contributed by atoms with Crippen LogP contribution in [0, 0.1) is 5.82 Å². The first-order chi connectivity index (χ1) is 11.9. The van der Waals surface area contributed by atoms with Gasteiger partial charge in [0.15, 0.2) is 0 Å². The van der Waals surface area contributed by atoms with E-state index in [1.807, 2.05) is 0 Å². The minimum Gasteiger partial charge on any atom is -0.253 e. The third kappa shape index (κ3) is 4.42. The fourth-order valence-electron chi connectivity index (χ4n) is 2.00. The van der Waals surface area contributed by atoms with Crippen molar-refractivity contribution >= 4 is 22.7 Å². The molecule has 128 valence electrons. The summed E-state index contributed by atoms with van der Waals surface area (Å²) in [6.07, 6.45) is -2.95. The van der Waals surface area contributed by atoms with Crippen LogP contribution in [0.5, 0.6) is 0 Å². The minimum atomic E-state index is -4.36. The molecule has 1 aromatic heterocycles. The molecule has 0 aliphatic carbocycles. The van der Waals surface area contributed by atoms with Crippen LogP contribution < -0.4 is 5.43 Å². The van der Waals surface area contributed by atoms with Crippen LogP contribution in [-0.2, 0) is 6.18 Å². The molecule has 3 nitrogen and oxygen atoms in total. The lowest BCUT2D eigenvalue weighted by Crippen LogP contribution is -2.04. The van der Waals surface area contributed by atoms with Crippen LogP contribution in [-0.4, -0.2) is 11.2 Å². The Bertz CT molecular complexity index is 868. The van der Waals surface area contributed by atoms with E-state index < -0.39 is 11.7 Å². The van der Waals surface area contributed by atoms with Gasteiger partial charge in [-0.15, -0.1) is 11.3 Å². The van der Waals surface area contributed by atoms with Crippen LogP contribution in [0.2, 0.25) is 0 Å². The minimum absolute atomic E-state index is 0.321. The fraction of sp³-hybridized carbons (Fsp3) is 0.0588. The first kappa shape index (κ1) is 17.1. The molecule has 8 heteroatoms. The largest absolute Gasteiger partial charge is 0.416 e. The molecule has 3 rings (SSSR count). The lowest BCUT2D eigenvalue weighted by molar-refractivity contribution is -0.137. The summed E-state index contributed by atoms with van der Waals surface area (Å²) in [6, 6.07) is 10.6. The van der Waals surface area contributed by atoms with Crippen LogP contribution in [0.15, 0.2) is 59.0 Å². The predicted octanol–water partition coefficient (Wildman–Crippen LogP) is 5.41. The van der Waals surface area contributed by atoms with Crippen molar-refractivity contribution in [1.82, 2.24) is 4.98 Å². The number of thiazole rings is 1. The van der Waals surface area contributed by atoms with Gasteiger partial charge in [0.05, 0.1) is 17.5 Å². The molecule has 0 fully saturated rings. The number of halogens is 4. The van der Waals surface area contributed by atoms with Gasteiger partial charge in [0.25, 0.3) is 0 Å². The molecular weight excluding hydrogens is 354 g/mol. The number of anilines is 1. The van der Waals surface area contributed by atoms with E-state index in [1.54, 1.807) is 17.5 Å². The molecule has 1 N–H and O–H groups in total. The highest BCUT2D eigenvalue weighted by Crippen LogP contribution is 2.29. The second kappa shape index (κ2) is 7.02. The van der Waals surface area contributed by atoms with Gasteiger partial charge < -0.3 is 0 Å². The average Bonchev–Trinajstić information content (AvgIpc) is 3.04. The quantitative estimate of drug-likeness (QED) is 0.381. The van der Waals surface area contributed by atoms with Crippen molar-refractivity contribution in [3.8, 4) is 11.3 Å². The summed E-state index contributed by atoms with van der Waals surface area (Å²) < 4.78 is 50.4. The zero-order chi connectivity index (χ0) is 17.9. The van der Waals surface area contributed by atoms with E-state index in [2.05, 4.69) is 15.5 Å². The molecule has 0 saturated carbocycles. The molecule has 1 heterocycles. The van der Waals surface area contributed by atoms with Gasteiger partial charge in [0.2, 0.25) is 5.13 Å². The summed E-state index contributed by atoms with van der Waals surface area (Å²) in [5, 5.41) is 6.27. The molecule has 0 atom stereocenters. The maximum atomic E-state index is 12.9. The Balaban J connectivity index is 1.64. The predicted molar refractivity (Wildman–Crippen MR) is 90.2 cm³/mol. The zero-order valence-electron chi connectivity index (χ0n) is 12.6. The van der Waals surface area contributed by atoms with Crippen LogP contribution in [0.25, 0.3) is 11.3 Å². The maximum Gasteiger partial charge on any atom is 0.416 e. The van der Waals surface area contributed by atoms with Crippen molar-refractivity contribution in [1.29, 1.82) is 0 Å². The smallest absolute Gasteiger partial charge is 0.253 e. The van der Waals surface area contributed by atoms with Gasteiger partial charge in [-0.25, -0.2) is 9.37 Å². The Hall–Kier alpha value is -2.74. The van der Waals surface area contributed by atoms with Crippen LogP contribution >= 0.6 is 11.3 Å². The number of nitrogens with one attached hydrogen (secondary N) is 1. The summed E-state index contributed by atoms with van der Waals surface area (Å²) in [7, 11) is 0. The van der Waals surface area contributed by atoms with Crippen molar-refractivity contribution in [3.63, 3.8) is 0 Å². The van der Waals surface area contributed by atoms with E-state index in [4.69, 9.17) is 0 Å². The molecule has 2 aromatic carbocycles. The first-order valence-corrected chi connectivity index (χ1v) is 7.97. The Morgan fingerprint density at radius 3 is 2.32 bits per heavy atom. The zero-order valence-corrected chi connectivity index (χ0v) is 13.4. The number of aromatic nitrogens is 1. The number of alkyl halides is 3. The van der Waals surface area contributed by atoms with Gasteiger partial charge in [-0.1, -0.05) is 12.1 Å². The Kier molecular flexibility index (Phi) is 4.80. The Morgan fingerprint density at radius 2 is 1.68 bits per heavy atom. The highest BCUT2D eigenvalue weighted by Gasteiger charge is 2.29. The van der Waals surface area contributed by atoms with E-state index in [0.29, 0.717) is 16.4 Å². The summed E-state index contributed by atoms with van der Waals surface area (Å²) in [5.74, 6) is -0.321. The number of benzene rings is 2. The van der Waals surface area contributed by atoms with Crippen molar-refractivity contribution in [2.75, 3.05) is 5.43 Å². The Morgan fingerprint density at radius 1 is 1.00 bits per heavy atom. The van der Waals surface area contributed by atoms with Crippen molar-refractivity contribution in [3.05, 3.63) is 70.9 Å². The maximum absolute atomic E-state index is 12.9. The van der Waals surface area contributed by atoms with Crippen molar-refractivity contribution in [2.24, 2.45) is 5.10 Å². The van der Waals surface area contributed by atoms with Crippen molar-refractivity contribution in [2.45, 2.75) is 6.18 Å². The molecule has 25 heavy (non-hydrogen) atoms. The van der Waals surface area contributed by atoms with Gasteiger partial charge in [-0.3, -0.25) is 5.43 Å². The molecule has 0 saturated heterocycles. The van der Waals surface area contributed by atoms with Gasteiger partial charge in [-0.05, 0) is 42.0 Å². The second-order valence-electron chi connectivity index (χ2n) is 5.03. The number of nitrogens with zero attached hydrogens (tertiary/aromatic N) is 2. The molecule has 0 unspecified atom stereocenters. The van der Waals surface area contributed by atoms with E-state index in [-0.39, 0.29) is 5.82 Å². The molecule has 0 aliphatic heterocycles.